The molecule has 2 saturated heterocycles. The number of benzene rings is 1. The van der Waals surface area contributed by atoms with Crippen LogP contribution in [-0.2, 0) is 16.1 Å². The van der Waals surface area contributed by atoms with E-state index < -0.39 is 17.8 Å². The van der Waals surface area contributed by atoms with Crippen molar-refractivity contribution in [1.82, 2.24) is 24.6 Å². The van der Waals surface area contributed by atoms with E-state index >= 15 is 0 Å². The fourth-order valence-corrected chi connectivity index (χ4v) is 6.22. The first-order chi connectivity index (χ1) is 19.3. The number of carbonyl (C=O) groups excluding carboxylic acids is 3. The summed E-state index contributed by atoms with van der Waals surface area (Å²) in [6, 6.07) is 12.0. The summed E-state index contributed by atoms with van der Waals surface area (Å²) in [6.45, 7) is -0.190. The smallest absolute Gasteiger partial charge is 0.269 e. The molecule has 4 aromatic rings. The van der Waals surface area contributed by atoms with Crippen molar-refractivity contribution in [1.29, 1.82) is 0 Å². The Hall–Kier alpha value is -4.28. The van der Waals surface area contributed by atoms with Crippen molar-refractivity contribution in [3.05, 3.63) is 82.1 Å². The summed E-state index contributed by atoms with van der Waals surface area (Å²) in [5, 5.41) is 7.64. The van der Waals surface area contributed by atoms with E-state index in [0.717, 1.165) is 0 Å². The molecule has 0 radical (unpaired) electrons. The number of hydrogen-bond donors (Lipinski definition) is 2. The van der Waals surface area contributed by atoms with Crippen LogP contribution in [0.4, 0.5) is 10.2 Å². The molecular weight excluding hydrogens is 601 g/mol. The molecule has 2 fully saturated rings. The van der Waals surface area contributed by atoms with Crippen molar-refractivity contribution in [3.63, 3.8) is 0 Å². The van der Waals surface area contributed by atoms with Gasteiger partial charge in [-0.1, -0.05) is 12.0 Å². The molecule has 0 aliphatic carbocycles. The zero-order valence-electron chi connectivity index (χ0n) is 20.5. The zero-order chi connectivity index (χ0) is 28.0. The van der Waals surface area contributed by atoms with Gasteiger partial charge in [-0.25, -0.2) is 14.4 Å². The molecule has 3 amide bonds. The number of nitrogens with one attached hydrogen (secondary N) is 1. The highest BCUT2D eigenvalue weighted by atomic mass is 79.9. The average molecular weight is 620 g/mol. The van der Waals surface area contributed by atoms with Crippen LogP contribution in [-0.4, -0.2) is 59.0 Å². The second-order valence-electron chi connectivity index (χ2n) is 9.16. The second kappa shape index (κ2) is 10.4. The summed E-state index contributed by atoms with van der Waals surface area (Å²) in [5.74, 6) is 4.24. The summed E-state index contributed by atoms with van der Waals surface area (Å²) in [4.78, 5) is 48.6. The Morgan fingerprint density at radius 3 is 2.80 bits per heavy atom. The van der Waals surface area contributed by atoms with Crippen LogP contribution in [0, 0.1) is 17.7 Å². The monoisotopic (exact) mass is 619 g/mol. The third kappa shape index (κ3) is 5.15. The number of aromatic nitrogens is 4. The summed E-state index contributed by atoms with van der Waals surface area (Å²) >= 11 is 4.92. The van der Waals surface area contributed by atoms with Gasteiger partial charge in [0.15, 0.2) is 5.69 Å². The van der Waals surface area contributed by atoms with Gasteiger partial charge in [-0.05, 0) is 64.7 Å². The molecule has 0 unspecified atom stereocenters. The van der Waals surface area contributed by atoms with Crippen LogP contribution in [0.25, 0.3) is 10.9 Å². The zero-order valence-corrected chi connectivity index (χ0v) is 22.9. The third-order valence-corrected chi connectivity index (χ3v) is 8.27. The number of primary amides is 1. The average Bonchev–Trinajstić information content (AvgIpc) is 3.43. The van der Waals surface area contributed by atoms with Gasteiger partial charge in [-0.3, -0.25) is 19.1 Å². The molecule has 2 aliphatic heterocycles. The highest BCUT2D eigenvalue weighted by molar-refractivity contribution is 9.10. The van der Waals surface area contributed by atoms with E-state index in [9.17, 15) is 18.8 Å². The summed E-state index contributed by atoms with van der Waals surface area (Å²) < 4.78 is 15.4. The van der Waals surface area contributed by atoms with E-state index in [1.807, 2.05) is 0 Å². The maximum absolute atomic E-state index is 13.5. The number of carbonyl (C=O) groups is 3. The van der Waals surface area contributed by atoms with Gasteiger partial charge in [-0.15, -0.1) is 11.8 Å². The standard InChI is InChI=1S/C27H19BrFN7O3S/c28-21-2-1-3-22(32-21)33-26(39)19-12-20-27(40-20)36(19)23(37)13-35-18-7-5-14(10-17(18)24(34-35)25(30)38)4-6-16-11-15(29)8-9-31-16/h1-3,5,7-11,19-20,27H,12-13H2,(H2,30,38)(H,32,33,39)/t19-,20+,27+/m0/s1. The Morgan fingerprint density at radius 1 is 1.18 bits per heavy atom. The SMILES string of the molecule is NC(=O)c1nn(CC(=O)N2[C@@H]3S[C@@H]3C[C@H]2C(=O)Nc2cccc(Br)n2)c2ccc(C#Cc3cc(F)ccn3)cc12. The molecule has 10 nitrogen and oxygen atoms in total. The molecule has 3 N–H and O–H groups in total. The number of anilines is 1. The fourth-order valence-electron chi connectivity index (χ4n) is 4.68. The second-order valence-corrected chi connectivity index (χ2v) is 11.3. The van der Waals surface area contributed by atoms with Crippen LogP contribution in [0.2, 0.25) is 0 Å². The Bertz CT molecular complexity index is 1770. The molecule has 13 heteroatoms. The van der Waals surface area contributed by atoms with Gasteiger partial charge in [0.25, 0.3) is 5.91 Å². The Labute approximate surface area is 239 Å². The molecule has 200 valence electrons. The van der Waals surface area contributed by atoms with Crippen molar-refractivity contribution >= 4 is 62.1 Å². The Morgan fingerprint density at radius 2 is 2.02 bits per heavy atom. The number of halogens is 2. The largest absolute Gasteiger partial charge is 0.364 e. The minimum absolute atomic E-state index is 0.00884. The highest BCUT2D eigenvalue weighted by Gasteiger charge is 2.57. The minimum atomic E-state index is -0.758. The van der Waals surface area contributed by atoms with E-state index in [2.05, 4.69) is 48.2 Å². The van der Waals surface area contributed by atoms with Crippen LogP contribution in [0.15, 0.2) is 59.3 Å². The predicted octanol–water partition coefficient (Wildman–Crippen LogP) is 2.91. The molecule has 0 spiro atoms. The highest BCUT2D eigenvalue weighted by Crippen LogP contribution is 2.53. The van der Waals surface area contributed by atoms with Crippen molar-refractivity contribution < 1.29 is 18.8 Å². The number of nitrogens with two attached hydrogens (primary N) is 1. The summed E-state index contributed by atoms with van der Waals surface area (Å²) in [6.07, 6.45) is 1.86. The van der Waals surface area contributed by atoms with Gasteiger partial charge in [0, 0.05) is 28.5 Å². The van der Waals surface area contributed by atoms with Gasteiger partial charge < -0.3 is 16.0 Å². The topological polar surface area (TPSA) is 136 Å². The Balaban J connectivity index is 1.25. The Kier molecular flexibility index (Phi) is 6.73. The van der Waals surface area contributed by atoms with E-state index in [4.69, 9.17) is 5.73 Å². The van der Waals surface area contributed by atoms with E-state index in [-0.39, 0.29) is 40.4 Å². The molecule has 2 aliphatic rings. The maximum Gasteiger partial charge on any atom is 0.269 e. The van der Waals surface area contributed by atoms with Gasteiger partial charge in [0.1, 0.15) is 34.5 Å². The van der Waals surface area contributed by atoms with E-state index in [0.29, 0.717) is 33.3 Å². The molecule has 3 atom stereocenters. The summed E-state index contributed by atoms with van der Waals surface area (Å²) in [5.41, 5.74) is 6.88. The van der Waals surface area contributed by atoms with Crippen molar-refractivity contribution in [2.45, 2.75) is 29.6 Å². The first kappa shape index (κ1) is 26.0. The van der Waals surface area contributed by atoms with E-state index in [1.165, 1.54) is 23.0 Å². The minimum Gasteiger partial charge on any atom is -0.364 e. The first-order valence-electron chi connectivity index (χ1n) is 12.1. The van der Waals surface area contributed by atoms with Crippen LogP contribution >= 0.6 is 27.7 Å². The number of thioether (sulfide) groups is 1. The van der Waals surface area contributed by atoms with E-state index in [1.54, 1.807) is 53.1 Å². The number of fused-ring (bicyclic) bond motifs is 2. The molecule has 0 saturated carbocycles. The number of likely N-dealkylation sites (tertiary alicyclic amines) is 1. The predicted molar refractivity (Wildman–Crippen MR) is 149 cm³/mol. The molecule has 40 heavy (non-hydrogen) atoms. The lowest BCUT2D eigenvalue weighted by Gasteiger charge is -2.26. The van der Waals surface area contributed by atoms with Crippen molar-refractivity contribution in [2.24, 2.45) is 5.73 Å². The lowest BCUT2D eigenvalue weighted by atomic mass is 10.1. The molecule has 1 aromatic carbocycles. The molecule has 6 rings (SSSR count). The lowest BCUT2D eigenvalue weighted by molar-refractivity contribution is -0.137. The van der Waals surface area contributed by atoms with Crippen LogP contribution < -0.4 is 11.1 Å². The van der Waals surface area contributed by atoms with Crippen LogP contribution in [0.3, 0.4) is 0 Å². The quantitative estimate of drug-likeness (QED) is 0.199. The first-order valence-corrected chi connectivity index (χ1v) is 13.8. The normalized spacial score (nSPS) is 19.1. The van der Waals surface area contributed by atoms with Crippen LogP contribution in [0.1, 0.15) is 28.2 Å². The van der Waals surface area contributed by atoms with Crippen molar-refractivity contribution in [2.75, 3.05) is 5.32 Å². The molecule has 3 aromatic heterocycles. The van der Waals surface area contributed by atoms with Crippen molar-refractivity contribution in [3.8, 4) is 11.8 Å². The number of amides is 3. The van der Waals surface area contributed by atoms with Gasteiger partial charge in [0.2, 0.25) is 11.8 Å². The fraction of sp³-hybridized carbons (Fsp3) is 0.185. The van der Waals surface area contributed by atoms with Crippen LogP contribution in [0.5, 0.6) is 0 Å². The molecule has 0 bridgehead atoms. The number of hydrogen-bond acceptors (Lipinski definition) is 7. The third-order valence-electron chi connectivity index (χ3n) is 6.50. The van der Waals surface area contributed by atoms with Gasteiger partial charge in [-0.2, -0.15) is 5.10 Å². The maximum atomic E-state index is 13.5. The number of pyridine rings is 2. The van der Waals surface area contributed by atoms with Gasteiger partial charge in [0.05, 0.1) is 10.9 Å². The lowest BCUT2D eigenvalue weighted by Crippen LogP contribution is -2.46. The summed E-state index contributed by atoms with van der Waals surface area (Å²) in [7, 11) is 0. The number of nitrogens with zero attached hydrogens (tertiary/aromatic N) is 5. The number of rotatable bonds is 5. The van der Waals surface area contributed by atoms with Gasteiger partial charge >= 0.3 is 0 Å². The molecular formula is C27H19BrFN7O3S. The molecule has 5 heterocycles.